The molecule has 0 bridgehead atoms. The largest absolute Gasteiger partial charge is 0.486 e. The Hall–Kier alpha value is -2.08. The number of nitrogens with zero attached hydrogens (tertiary/aromatic N) is 2. The first-order valence-corrected chi connectivity index (χ1v) is 6.79. The lowest BCUT2D eigenvalue weighted by Gasteiger charge is -2.37. The Bertz CT molecular complexity index is 524. The molecule has 114 valence electrons. The SMILES string of the molecule is Cc1cc(CN(C)C)ccc1OC1CN(C(=O)OC=O)C1. The Kier molecular flexibility index (Phi) is 4.80. The normalized spacial score (nSPS) is 14.8. The van der Waals surface area contributed by atoms with Crippen molar-refractivity contribution >= 4 is 12.6 Å². The van der Waals surface area contributed by atoms with E-state index in [4.69, 9.17) is 4.74 Å². The van der Waals surface area contributed by atoms with Gasteiger partial charge < -0.3 is 19.3 Å². The first-order chi connectivity index (χ1) is 9.99. The second-order valence-corrected chi connectivity index (χ2v) is 5.46. The molecule has 0 aromatic heterocycles. The van der Waals surface area contributed by atoms with E-state index in [0.29, 0.717) is 13.1 Å². The van der Waals surface area contributed by atoms with Crippen LogP contribution in [0.15, 0.2) is 18.2 Å². The minimum Gasteiger partial charge on any atom is -0.486 e. The van der Waals surface area contributed by atoms with E-state index in [-0.39, 0.29) is 12.6 Å². The highest BCUT2D eigenvalue weighted by molar-refractivity contribution is 5.75. The highest BCUT2D eigenvalue weighted by Gasteiger charge is 2.33. The topological polar surface area (TPSA) is 59.1 Å². The van der Waals surface area contributed by atoms with E-state index < -0.39 is 6.09 Å². The summed E-state index contributed by atoms with van der Waals surface area (Å²) in [7, 11) is 4.06. The third-order valence-electron chi connectivity index (χ3n) is 3.29. The van der Waals surface area contributed by atoms with Crippen LogP contribution in [-0.4, -0.2) is 55.7 Å². The third kappa shape index (κ3) is 3.95. The Morgan fingerprint density at radius 3 is 2.71 bits per heavy atom. The zero-order valence-corrected chi connectivity index (χ0v) is 12.5. The second-order valence-electron chi connectivity index (χ2n) is 5.46. The van der Waals surface area contributed by atoms with Gasteiger partial charge in [0.2, 0.25) is 0 Å². The Balaban J connectivity index is 1.87. The molecule has 1 heterocycles. The molecule has 1 fully saturated rings. The van der Waals surface area contributed by atoms with E-state index in [1.807, 2.05) is 33.2 Å². The van der Waals surface area contributed by atoms with Crippen LogP contribution in [-0.2, 0) is 16.1 Å². The molecular formula is C15H20N2O4. The molecule has 1 aliphatic rings. The molecule has 1 aromatic rings. The first kappa shape index (κ1) is 15.3. The minimum atomic E-state index is -0.622. The number of carbonyl (C=O) groups excluding carboxylic acids is 2. The monoisotopic (exact) mass is 292 g/mol. The van der Waals surface area contributed by atoms with Crippen LogP contribution in [0.2, 0.25) is 0 Å². The van der Waals surface area contributed by atoms with E-state index >= 15 is 0 Å². The predicted octanol–water partition coefficient (Wildman–Crippen LogP) is 1.41. The Morgan fingerprint density at radius 2 is 2.14 bits per heavy atom. The van der Waals surface area contributed by atoms with Crippen LogP contribution < -0.4 is 4.74 Å². The van der Waals surface area contributed by atoms with Crippen molar-refractivity contribution < 1.29 is 19.1 Å². The second kappa shape index (κ2) is 6.58. The van der Waals surface area contributed by atoms with Crippen LogP contribution >= 0.6 is 0 Å². The molecule has 1 amide bonds. The molecule has 0 radical (unpaired) electrons. The van der Waals surface area contributed by atoms with Gasteiger partial charge in [0.15, 0.2) is 0 Å². The van der Waals surface area contributed by atoms with Crippen molar-refractivity contribution in [3.8, 4) is 5.75 Å². The van der Waals surface area contributed by atoms with Gasteiger partial charge in [-0.3, -0.25) is 4.79 Å². The van der Waals surface area contributed by atoms with Gasteiger partial charge in [-0.2, -0.15) is 0 Å². The average Bonchev–Trinajstić information content (AvgIpc) is 2.34. The van der Waals surface area contributed by atoms with Gasteiger partial charge in [0, 0.05) is 6.54 Å². The van der Waals surface area contributed by atoms with Crippen LogP contribution in [0.4, 0.5) is 4.79 Å². The molecule has 0 aliphatic carbocycles. The molecule has 6 nitrogen and oxygen atoms in total. The standard InChI is InChI=1S/C15H20N2O4/c1-11-6-12(7-16(2)3)4-5-14(11)21-13-8-17(9-13)15(19)20-10-18/h4-6,10,13H,7-9H2,1-3H3. The van der Waals surface area contributed by atoms with Crippen molar-refractivity contribution in [3.05, 3.63) is 29.3 Å². The molecule has 0 saturated carbocycles. The molecule has 6 heteroatoms. The molecule has 1 aromatic carbocycles. The Labute approximate surface area is 124 Å². The quantitative estimate of drug-likeness (QED) is 0.606. The lowest BCUT2D eigenvalue weighted by molar-refractivity contribution is -0.125. The van der Waals surface area contributed by atoms with Crippen molar-refractivity contribution in [2.45, 2.75) is 19.6 Å². The van der Waals surface area contributed by atoms with E-state index in [2.05, 4.69) is 15.7 Å². The summed E-state index contributed by atoms with van der Waals surface area (Å²) in [6, 6.07) is 6.10. The molecule has 0 spiro atoms. The fourth-order valence-electron chi connectivity index (χ4n) is 2.26. The predicted molar refractivity (Wildman–Crippen MR) is 77.1 cm³/mol. The number of ether oxygens (including phenoxy) is 2. The smallest absolute Gasteiger partial charge is 0.417 e. The molecule has 2 rings (SSSR count). The number of rotatable bonds is 5. The van der Waals surface area contributed by atoms with Crippen LogP contribution in [0, 0.1) is 6.92 Å². The molecule has 1 aliphatic heterocycles. The lowest BCUT2D eigenvalue weighted by atomic mass is 10.1. The maximum Gasteiger partial charge on any atom is 0.417 e. The summed E-state index contributed by atoms with van der Waals surface area (Å²) >= 11 is 0. The average molecular weight is 292 g/mol. The number of aryl methyl sites for hydroxylation is 1. The van der Waals surface area contributed by atoms with Crippen molar-refractivity contribution in [2.75, 3.05) is 27.2 Å². The summed E-state index contributed by atoms with van der Waals surface area (Å²) < 4.78 is 10.1. The van der Waals surface area contributed by atoms with Gasteiger partial charge in [0.25, 0.3) is 0 Å². The Morgan fingerprint density at radius 1 is 1.43 bits per heavy atom. The molecule has 1 saturated heterocycles. The highest BCUT2D eigenvalue weighted by atomic mass is 16.6. The fraction of sp³-hybridized carbons (Fsp3) is 0.467. The summed E-state index contributed by atoms with van der Waals surface area (Å²) in [5.41, 5.74) is 2.30. The molecule has 0 atom stereocenters. The number of benzene rings is 1. The van der Waals surface area contributed by atoms with E-state index in [9.17, 15) is 9.59 Å². The van der Waals surface area contributed by atoms with E-state index in [0.717, 1.165) is 17.9 Å². The molecule has 21 heavy (non-hydrogen) atoms. The summed E-state index contributed by atoms with van der Waals surface area (Å²) in [4.78, 5) is 24.9. The van der Waals surface area contributed by atoms with Crippen LogP contribution in [0.3, 0.4) is 0 Å². The van der Waals surface area contributed by atoms with Crippen molar-refractivity contribution in [1.29, 1.82) is 0 Å². The van der Waals surface area contributed by atoms with Crippen molar-refractivity contribution in [2.24, 2.45) is 0 Å². The van der Waals surface area contributed by atoms with Gasteiger partial charge in [-0.05, 0) is 38.2 Å². The zero-order chi connectivity index (χ0) is 15.4. The van der Waals surface area contributed by atoms with Crippen molar-refractivity contribution in [1.82, 2.24) is 9.80 Å². The highest BCUT2D eigenvalue weighted by Crippen LogP contribution is 2.24. The maximum absolute atomic E-state index is 11.2. The number of amides is 1. The number of likely N-dealkylation sites (tertiary alicyclic amines) is 1. The van der Waals surface area contributed by atoms with Crippen LogP contribution in [0.25, 0.3) is 0 Å². The number of hydrogen-bond acceptors (Lipinski definition) is 5. The number of carbonyl (C=O) groups is 2. The summed E-state index contributed by atoms with van der Waals surface area (Å²) in [6.07, 6.45) is -0.675. The minimum absolute atomic E-state index is 0.0531. The zero-order valence-electron chi connectivity index (χ0n) is 12.5. The number of hydrogen-bond donors (Lipinski definition) is 0. The third-order valence-corrected chi connectivity index (χ3v) is 3.29. The summed E-state index contributed by atoms with van der Waals surface area (Å²) in [6.45, 7) is 3.91. The van der Waals surface area contributed by atoms with Crippen LogP contribution in [0.1, 0.15) is 11.1 Å². The molecular weight excluding hydrogens is 272 g/mol. The fourth-order valence-corrected chi connectivity index (χ4v) is 2.26. The van der Waals surface area contributed by atoms with E-state index in [1.54, 1.807) is 0 Å². The van der Waals surface area contributed by atoms with Gasteiger partial charge in [-0.1, -0.05) is 12.1 Å². The van der Waals surface area contributed by atoms with Gasteiger partial charge in [-0.15, -0.1) is 0 Å². The van der Waals surface area contributed by atoms with Gasteiger partial charge in [-0.25, -0.2) is 4.79 Å². The molecule has 0 N–H and O–H groups in total. The van der Waals surface area contributed by atoms with Crippen molar-refractivity contribution in [3.63, 3.8) is 0 Å². The summed E-state index contributed by atoms with van der Waals surface area (Å²) in [5, 5.41) is 0. The van der Waals surface area contributed by atoms with Gasteiger partial charge >= 0.3 is 12.6 Å². The van der Waals surface area contributed by atoms with Gasteiger partial charge in [0.05, 0.1) is 13.1 Å². The maximum atomic E-state index is 11.2. The lowest BCUT2D eigenvalue weighted by Crippen LogP contribution is -2.56. The summed E-state index contributed by atoms with van der Waals surface area (Å²) in [5.74, 6) is 0.825. The van der Waals surface area contributed by atoms with Gasteiger partial charge in [0.1, 0.15) is 11.9 Å². The van der Waals surface area contributed by atoms with E-state index in [1.165, 1.54) is 10.5 Å². The molecule has 0 unspecified atom stereocenters. The first-order valence-electron chi connectivity index (χ1n) is 6.79. The van der Waals surface area contributed by atoms with Crippen LogP contribution in [0.5, 0.6) is 5.75 Å².